The molecule has 0 heterocycles. The number of carbonyl (C=O) groups excluding carboxylic acids is 1. The summed E-state index contributed by atoms with van der Waals surface area (Å²) in [7, 11) is 8.53. The van der Waals surface area contributed by atoms with Crippen molar-refractivity contribution in [3.8, 4) is 17.2 Å². The van der Waals surface area contributed by atoms with Crippen LogP contribution in [-0.4, -0.2) is 58.3 Å². The molecule has 6 nitrogen and oxygen atoms in total. The van der Waals surface area contributed by atoms with Crippen LogP contribution in [0.25, 0.3) is 0 Å². The third-order valence-electron chi connectivity index (χ3n) is 3.82. The molecule has 0 aliphatic rings. The number of nitrogens with one attached hydrogen (secondary N) is 1. The Labute approximate surface area is 132 Å². The number of nitrogens with zero attached hydrogens (tertiary/aromatic N) is 1. The zero-order valence-corrected chi connectivity index (χ0v) is 14.4. The van der Waals surface area contributed by atoms with E-state index in [1.165, 1.54) is 21.3 Å². The van der Waals surface area contributed by atoms with Crippen molar-refractivity contribution in [2.45, 2.75) is 19.4 Å². The van der Waals surface area contributed by atoms with Gasteiger partial charge in [0.05, 0.1) is 21.3 Å². The van der Waals surface area contributed by atoms with Crippen molar-refractivity contribution in [1.82, 2.24) is 10.2 Å². The molecule has 1 N–H and O–H groups in total. The molecule has 0 spiro atoms. The van der Waals surface area contributed by atoms with Gasteiger partial charge in [-0.15, -0.1) is 0 Å². The summed E-state index contributed by atoms with van der Waals surface area (Å²) in [5.41, 5.74) is 0.320. The van der Waals surface area contributed by atoms with Gasteiger partial charge in [0.15, 0.2) is 11.5 Å². The molecule has 0 saturated carbocycles. The number of carbonyl (C=O) groups is 1. The van der Waals surface area contributed by atoms with Gasteiger partial charge in [-0.1, -0.05) is 0 Å². The molecule has 124 valence electrons. The van der Waals surface area contributed by atoms with Gasteiger partial charge < -0.3 is 24.4 Å². The molecule has 6 heteroatoms. The van der Waals surface area contributed by atoms with E-state index in [0.717, 1.165) is 0 Å². The van der Waals surface area contributed by atoms with E-state index in [-0.39, 0.29) is 11.4 Å². The lowest BCUT2D eigenvalue weighted by atomic mass is 10.0. The highest BCUT2D eigenvalue weighted by molar-refractivity contribution is 5.95. The first-order chi connectivity index (χ1) is 10.3. The Bertz CT molecular complexity index is 502. The second kappa shape index (κ2) is 7.35. The topological polar surface area (TPSA) is 60.0 Å². The fourth-order valence-corrected chi connectivity index (χ4v) is 1.77. The largest absolute Gasteiger partial charge is 0.493 e. The van der Waals surface area contributed by atoms with E-state index in [9.17, 15) is 4.79 Å². The molecular formula is C16H26N2O4. The predicted octanol–water partition coefficient (Wildman–Crippen LogP) is 1.78. The Balaban J connectivity index is 2.99. The zero-order chi connectivity index (χ0) is 16.9. The number of hydrogen-bond donors (Lipinski definition) is 1. The molecule has 0 fully saturated rings. The lowest BCUT2D eigenvalue weighted by molar-refractivity contribution is 0.0919. The fourth-order valence-electron chi connectivity index (χ4n) is 1.77. The number of likely N-dealkylation sites (N-methyl/N-ethyl adjacent to an activating group) is 1. The van der Waals surface area contributed by atoms with Crippen LogP contribution in [0.4, 0.5) is 0 Å². The standard InChI is InChI=1S/C16H26N2O4/c1-16(2,18(3)4)10-17-15(19)11-8-12(20-5)14(22-7)13(9-11)21-6/h8-9H,10H2,1-7H3,(H,17,19). The van der Waals surface area contributed by atoms with Gasteiger partial charge in [-0.2, -0.15) is 0 Å². The Morgan fingerprint density at radius 2 is 1.59 bits per heavy atom. The van der Waals surface area contributed by atoms with E-state index in [2.05, 4.69) is 24.1 Å². The summed E-state index contributed by atoms with van der Waals surface area (Å²) in [5.74, 6) is 1.20. The molecule has 0 unspecified atom stereocenters. The molecule has 1 amide bonds. The molecule has 1 aromatic carbocycles. The van der Waals surface area contributed by atoms with E-state index < -0.39 is 0 Å². The average Bonchev–Trinajstić information content (AvgIpc) is 2.50. The van der Waals surface area contributed by atoms with Crippen molar-refractivity contribution < 1.29 is 19.0 Å². The Morgan fingerprint density at radius 3 is 1.95 bits per heavy atom. The Hall–Kier alpha value is -1.95. The van der Waals surface area contributed by atoms with Gasteiger partial charge in [0, 0.05) is 17.6 Å². The molecule has 1 rings (SSSR count). The SMILES string of the molecule is COc1cc(C(=O)NCC(C)(C)N(C)C)cc(OC)c1OC. The fraction of sp³-hybridized carbons (Fsp3) is 0.562. The Morgan fingerprint density at radius 1 is 1.09 bits per heavy atom. The van der Waals surface area contributed by atoms with Gasteiger partial charge in [0.25, 0.3) is 5.91 Å². The maximum absolute atomic E-state index is 12.4. The van der Waals surface area contributed by atoms with Crippen LogP contribution in [0.2, 0.25) is 0 Å². The number of benzene rings is 1. The van der Waals surface area contributed by atoms with Crippen LogP contribution < -0.4 is 19.5 Å². The normalized spacial score (nSPS) is 11.3. The molecule has 0 aliphatic heterocycles. The summed E-state index contributed by atoms with van der Waals surface area (Å²) in [4.78, 5) is 14.4. The maximum Gasteiger partial charge on any atom is 0.251 e. The minimum atomic E-state index is -0.186. The summed E-state index contributed by atoms with van der Waals surface area (Å²) < 4.78 is 15.8. The molecular weight excluding hydrogens is 284 g/mol. The van der Waals surface area contributed by atoms with E-state index in [1.807, 2.05) is 14.1 Å². The van der Waals surface area contributed by atoms with Gasteiger partial charge in [-0.25, -0.2) is 0 Å². The van der Waals surface area contributed by atoms with Crippen molar-refractivity contribution in [3.05, 3.63) is 17.7 Å². The lowest BCUT2D eigenvalue weighted by Crippen LogP contribution is -2.48. The molecule has 22 heavy (non-hydrogen) atoms. The first-order valence-electron chi connectivity index (χ1n) is 7.02. The van der Waals surface area contributed by atoms with Crippen molar-refractivity contribution >= 4 is 5.91 Å². The van der Waals surface area contributed by atoms with Crippen LogP contribution in [0.3, 0.4) is 0 Å². The number of hydrogen-bond acceptors (Lipinski definition) is 5. The highest BCUT2D eigenvalue weighted by atomic mass is 16.5. The van der Waals surface area contributed by atoms with Crippen molar-refractivity contribution in [1.29, 1.82) is 0 Å². The summed E-state index contributed by atoms with van der Waals surface area (Å²) >= 11 is 0. The van der Waals surface area contributed by atoms with Crippen LogP contribution >= 0.6 is 0 Å². The smallest absolute Gasteiger partial charge is 0.251 e. The van der Waals surface area contributed by atoms with Gasteiger partial charge in [0.1, 0.15) is 0 Å². The van der Waals surface area contributed by atoms with Crippen molar-refractivity contribution in [3.63, 3.8) is 0 Å². The first kappa shape index (κ1) is 18.1. The quantitative estimate of drug-likeness (QED) is 0.832. The van der Waals surface area contributed by atoms with Crippen molar-refractivity contribution in [2.24, 2.45) is 0 Å². The van der Waals surface area contributed by atoms with Crippen LogP contribution in [0.15, 0.2) is 12.1 Å². The molecule has 0 atom stereocenters. The minimum absolute atomic E-state index is 0.143. The highest BCUT2D eigenvalue weighted by Crippen LogP contribution is 2.38. The second-order valence-corrected chi connectivity index (χ2v) is 5.80. The number of rotatable bonds is 7. The number of amides is 1. The predicted molar refractivity (Wildman–Crippen MR) is 86.2 cm³/mol. The van der Waals surface area contributed by atoms with Crippen LogP contribution in [0.1, 0.15) is 24.2 Å². The molecule has 0 aliphatic carbocycles. The summed E-state index contributed by atoms with van der Waals surface area (Å²) in [6.45, 7) is 4.64. The monoisotopic (exact) mass is 310 g/mol. The second-order valence-electron chi connectivity index (χ2n) is 5.80. The van der Waals surface area contributed by atoms with Gasteiger partial charge in [-0.3, -0.25) is 4.79 Å². The zero-order valence-electron chi connectivity index (χ0n) is 14.4. The van der Waals surface area contributed by atoms with Crippen LogP contribution in [0.5, 0.6) is 17.2 Å². The van der Waals surface area contributed by atoms with Crippen molar-refractivity contribution in [2.75, 3.05) is 42.0 Å². The minimum Gasteiger partial charge on any atom is -0.493 e. The van der Waals surface area contributed by atoms with Gasteiger partial charge in [0.2, 0.25) is 5.75 Å². The highest BCUT2D eigenvalue weighted by Gasteiger charge is 2.22. The van der Waals surface area contributed by atoms with E-state index in [4.69, 9.17) is 14.2 Å². The number of ether oxygens (including phenoxy) is 3. The van der Waals surface area contributed by atoms with Crippen LogP contribution in [0, 0.1) is 0 Å². The Kier molecular flexibility index (Phi) is 6.05. The summed E-state index contributed by atoms with van der Waals surface area (Å²) in [6.07, 6.45) is 0. The van der Waals surface area contributed by atoms with E-state index in [0.29, 0.717) is 29.4 Å². The maximum atomic E-state index is 12.4. The first-order valence-corrected chi connectivity index (χ1v) is 7.02. The third kappa shape index (κ3) is 4.04. The molecule has 1 aromatic rings. The summed E-state index contributed by atoms with van der Waals surface area (Å²) in [6, 6.07) is 3.28. The van der Waals surface area contributed by atoms with Crippen LogP contribution in [-0.2, 0) is 0 Å². The van der Waals surface area contributed by atoms with E-state index >= 15 is 0 Å². The van der Waals surface area contributed by atoms with Gasteiger partial charge >= 0.3 is 0 Å². The molecule has 0 bridgehead atoms. The average molecular weight is 310 g/mol. The third-order valence-corrected chi connectivity index (χ3v) is 3.82. The van der Waals surface area contributed by atoms with Gasteiger partial charge in [-0.05, 0) is 40.1 Å². The lowest BCUT2D eigenvalue weighted by Gasteiger charge is -2.32. The number of methoxy groups -OCH3 is 3. The molecule has 0 aromatic heterocycles. The van der Waals surface area contributed by atoms with E-state index in [1.54, 1.807) is 12.1 Å². The molecule has 0 radical (unpaired) electrons. The summed E-state index contributed by atoms with van der Waals surface area (Å²) in [5, 5.41) is 2.93. The molecule has 0 saturated heterocycles.